The van der Waals surface area contributed by atoms with Crippen molar-refractivity contribution in [1.29, 1.82) is 0 Å². The molecule has 5 heteroatoms. The number of ketones is 1. The number of fused-ring (bicyclic) bond motifs is 1. The third kappa shape index (κ3) is 2.38. The summed E-state index contributed by atoms with van der Waals surface area (Å²) in [6, 6.07) is 3.90. The average Bonchev–Trinajstić information content (AvgIpc) is 2.54. The van der Waals surface area contributed by atoms with Crippen LogP contribution in [0.15, 0.2) is 24.0 Å². The van der Waals surface area contributed by atoms with Gasteiger partial charge in [0.25, 0.3) is 0 Å². The molecule has 0 saturated carbocycles. The van der Waals surface area contributed by atoms with Crippen LogP contribution in [0.25, 0.3) is 0 Å². The van der Waals surface area contributed by atoms with E-state index in [1.807, 2.05) is 19.1 Å². The number of phenolic OH excluding ortho intramolecular Hbond substituents is 1. The summed E-state index contributed by atoms with van der Waals surface area (Å²) in [5.74, 6) is 1.08. The minimum absolute atomic E-state index is 0.00975. The molecule has 1 aliphatic carbocycles. The third-order valence-corrected chi connectivity index (χ3v) is 5.58. The highest BCUT2D eigenvalue weighted by atomic mass is 16.5. The lowest BCUT2D eigenvalue weighted by atomic mass is 9.58. The molecule has 0 spiro atoms. The van der Waals surface area contributed by atoms with Gasteiger partial charge in [-0.3, -0.25) is 4.79 Å². The van der Waals surface area contributed by atoms with Crippen molar-refractivity contribution in [2.45, 2.75) is 38.1 Å². The number of piperidine rings is 1. The fourth-order valence-electron chi connectivity index (χ4n) is 4.46. The molecule has 1 aromatic rings. The fraction of sp³-hybridized carbons (Fsp3) is 0.526. The van der Waals surface area contributed by atoms with Crippen molar-refractivity contribution >= 4 is 5.78 Å². The van der Waals surface area contributed by atoms with Crippen LogP contribution in [0.5, 0.6) is 11.5 Å². The molecule has 1 saturated heterocycles. The smallest absolute Gasteiger partial charge is 0.197 e. The number of phenols is 1. The number of hydrogen-bond donors (Lipinski definition) is 2. The standard InChI is InChI=1S/C19H25NO4/c1-11-5-6-15(23-3)18(22)17(11)19-7-8-20-12(2)13(19)9-16(24-4)14(21)10-19/h5-6,9,12-13,20,22H,7-8,10H2,1-4H3. The maximum Gasteiger partial charge on any atom is 0.197 e. The first-order valence-corrected chi connectivity index (χ1v) is 8.34. The van der Waals surface area contributed by atoms with Crippen molar-refractivity contribution < 1.29 is 19.4 Å². The van der Waals surface area contributed by atoms with E-state index in [9.17, 15) is 9.90 Å². The number of aryl methyl sites for hydroxylation is 1. The zero-order valence-corrected chi connectivity index (χ0v) is 14.7. The molecular formula is C19H25NO4. The maximum absolute atomic E-state index is 12.6. The topological polar surface area (TPSA) is 67.8 Å². The first-order valence-electron chi connectivity index (χ1n) is 8.34. The van der Waals surface area contributed by atoms with E-state index in [1.165, 1.54) is 7.11 Å². The van der Waals surface area contributed by atoms with Gasteiger partial charge < -0.3 is 19.9 Å². The Morgan fingerprint density at radius 1 is 1.29 bits per heavy atom. The Bertz CT molecular complexity index is 697. The summed E-state index contributed by atoms with van der Waals surface area (Å²) >= 11 is 0. The highest BCUT2D eigenvalue weighted by Crippen LogP contribution is 2.52. The molecule has 3 atom stereocenters. The van der Waals surface area contributed by atoms with Crippen molar-refractivity contribution in [3.8, 4) is 11.5 Å². The lowest BCUT2D eigenvalue weighted by Crippen LogP contribution is -2.55. The first-order chi connectivity index (χ1) is 11.4. The Kier molecular flexibility index (Phi) is 4.30. The van der Waals surface area contributed by atoms with Gasteiger partial charge >= 0.3 is 0 Å². The minimum Gasteiger partial charge on any atom is -0.504 e. The second-order valence-electron chi connectivity index (χ2n) is 6.82. The molecule has 3 rings (SSSR count). The van der Waals surface area contributed by atoms with Gasteiger partial charge in [0, 0.05) is 29.4 Å². The number of hydrogen-bond acceptors (Lipinski definition) is 5. The van der Waals surface area contributed by atoms with Gasteiger partial charge in [-0.15, -0.1) is 0 Å². The van der Waals surface area contributed by atoms with Crippen LogP contribution in [0, 0.1) is 12.8 Å². The van der Waals surface area contributed by atoms with Crippen LogP contribution in [0.1, 0.15) is 30.9 Å². The van der Waals surface area contributed by atoms with Crippen LogP contribution in [-0.4, -0.2) is 37.7 Å². The van der Waals surface area contributed by atoms with Gasteiger partial charge in [-0.2, -0.15) is 0 Å². The lowest BCUT2D eigenvalue weighted by molar-refractivity contribution is -0.121. The van der Waals surface area contributed by atoms with Gasteiger partial charge in [0.2, 0.25) is 0 Å². The van der Waals surface area contributed by atoms with E-state index in [2.05, 4.69) is 12.2 Å². The van der Waals surface area contributed by atoms with Crippen molar-refractivity contribution in [2.75, 3.05) is 20.8 Å². The quantitative estimate of drug-likeness (QED) is 0.890. The van der Waals surface area contributed by atoms with Crippen LogP contribution in [0.4, 0.5) is 0 Å². The van der Waals surface area contributed by atoms with Crippen molar-refractivity contribution in [3.05, 3.63) is 35.1 Å². The van der Waals surface area contributed by atoms with Gasteiger partial charge in [0.15, 0.2) is 23.0 Å². The molecule has 24 heavy (non-hydrogen) atoms. The number of benzene rings is 1. The number of rotatable bonds is 3. The number of allylic oxidation sites excluding steroid dienone is 1. The average molecular weight is 331 g/mol. The van der Waals surface area contributed by atoms with Crippen LogP contribution in [0.3, 0.4) is 0 Å². The van der Waals surface area contributed by atoms with Gasteiger partial charge in [-0.25, -0.2) is 0 Å². The molecule has 5 nitrogen and oxygen atoms in total. The lowest BCUT2D eigenvalue weighted by Gasteiger charge is -2.49. The summed E-state index contributed by atoms with van der Waals surface area (Å²) in [7, 11) is 3.08. The predicted octanol–water partition coefficient (Wildman–Crippen LogP) is 2.45. The summed E-state index contributed by atoms with van der Waals surface area (Å²) in [6.45, 7) is 4.90. The molecule has 1 heterocycles. The van der Waals surface area contributed by atoms with Crippen LogP contribution in [-0.2, 0) is 14.9 Å². The zero-order valence-electron chi connectivity index (χ0n) is 14.7. The Morgan fingerprint density at radius 3 is 2.71 bits per heavy atom. The Morgan fingerprint density at radius 2 is 2.04 bits per heavy atom. The molecule has 1 aromatic carbocycles. The molecule has 1 aliphatic heterocycles. The number of ether oxygens (including phenoxy) is 2. The van der Waals surface area contributed by atoms with Gasteiger partial charge in [0.1, 0.15) is 0 Å². The summed E-state index contributed by atoms with van der Waals surface area (Å²) in [4.78, 5) is 12.6. The number of carbonyl (C=O) groups excluding carboxylic acids is 1. The van der Waals surface area contributed by atoms with E-state index in [1.54, 1.807) is 13.2 Å². The van der Waals surface area contributed by atoms with E-state index in [-0.39, 0.29) is 23.5 Å². The van der Waals surface area contributed by atoms with Crippen LogP contribution >= 0.6 is 0 Å². The zero-order chi connectivity index (χ0) is 17.5. The molecule has 0 amide bonds. The van der Waals surface area contributed by atoms with E-state index in [0.717, 1.165) is 24.1 Å². The number of Topliss-reactive ketones (excluding diaryl/α,β-unsaturated/α-hetero) is 1. The number of nitrogens with one attached hydrogen (secondary N) is 1. The van der Waals surface area contributed by atoms with Gasteiger partial charge in [-0.05, 0) is 44.5 Å². The molecule has 2 aliphatic rings. The van der Waals surface area contributed by atoms with Crippen LogP contribution in [0.2, 0.25) is 0 Å². The fourth-order valence-corrected chi connectivity index (χ4v) is 4.46. The number of carbonyl (C=O) groups is 1. The highest BCUT2D eigenvalue weighted by Gasteiger charge is 2.51. The Balaban J connectivity index is 2.23. The minimum atomic E-state index is -0.438. The Hall–Kier alpha value is -2.01. The van der Waals surface area contributed by atoms with Crippen molar-refractivity contribution in [2.24, 2.45) is 5.92 Å². The van der Waals surface area contributed by atoms with E-state index < -0.39 is 5.41 Å². The maximum atomic E-state index is 12.6. The Labute approximate surface area is 142 Å². The monoisotopic (exact) mass is 331 g/mol. The molecule has 3 unspecified atom stereocenters. The normalized spacial score (nSPS) is 29.7. The molecule has 0 bridgehead atoms. The summed E-state index contributed by atoms with van der Waals surface area (Å²) in [5, 5.41) is 14.3. The molecule has 1 fully saturated rings. The second kappa shape index (κ2) is 6.13. The second-order valence-corrected chi connectivity index (χ2v) is 6.82. The molecule has 0 radical (unpaired) electrons. The van der Waals surface area contributed by atoms with Crippen molar-refractivity contribution in [1.82, 2.24) is 5.32 Å². The predicted molar refractivity (Wildman–Crippen MR) is 91.4 cm³/mol. The van der Waals surface area contributed by atoms with Gasteiger partial charge in [-0.1, -0.05) is 6.07 Å². The highest BCUT2D eigenvalue weighted by molar-refractivity contribution is 5.96. The van der Waals surface area contributed by atoms with Crippen LogP contribution < -0.4 is 10.1 Å². The largest absolute Gasteiger partial charge is 0.504 e. The third-order valence-electron chi connectivity index (χ3n) is 5.58. The molecule has 130 valence electrons. The summed E-state index contributed by atoms with van der Waals surface area (Å²) in [6.07, 6.45) is 3.05. The first kappa shape index (κ1) is 16.8. The molecule has 0 aromatic heterocycles. The summed E-state index contributed by atoms with van der Waals surface area (Å²) < 4.78 is 10.6. The van der Waals surface area contributed by atoms with E-state index in [0.29, 0.717) is 17.9 Å². The number of methoxy groups -OCH3 is 2. The van der Waals surface area contributed by atoms with Gasteiger partial charge in [0.05, 0.1) is 14.2 Å². The van der Waals surface area contributed by atoms with E-state index >= 15 is 0 Å². The molecular weight excluding hydrogens is 306 g/mol. The summed E-state index contributed by atoms with van der Waals surface area (Å²) in [5.41, 5.74) is 1.38. The SMILES string of the molecule is COC1=CC2C(C)NCCC2(c2c(C)ccc(OC)c2O)CC1=O. The van der Waals surface area contributed by atoms with E-state index in [4.69, 9.17) is 9.47 Å². The number of aromatic hydroxyl groups is 1. The molecule has 2 N–H and O–H groups in total. The van der Waals surface area contributed by atoms with Crippen molar-refractivity contribution in [3.63, 3.8) is 0 Å².